The Hall–Kier alpha value is -2.92. The topological polar surface area (TPSA) is 63.2 Å². The Morgan fingerprint density at radius 1 is 1.12 bits per heavy atom. The van der Waals surface area contributed by atoms with Gasteiger partial charge in [0, 0.05) is 71.7 Å². The van der Waals surface area contributed by atoms with Crippen molar-refractivity contribution in [1.29, 1.82) is 5.41 Å². The van der Waals surface area contributed by atoms with Crippen LogP contribution in [0.5, 0.6) is 0 Å². The fourth-order valence-corrected chi connectivity index (χ4v) is 6.15. The summed E-state index contributed by atoms with van der Waals surface area (Å²) in [7, 11) is 0. The van der Waals surface area contributed by atoms with Crippen molar-refractivity contribution in [2.75, 3.05) is 31.1 Å². The van der Waals surface area contributed by atoms with E-state index in [2.05, 4.69) is 47.7 Å². The Kier molecular flexibility index (Phi) is 4.96. The van der Waals surface area contributed by atoms with Gasteiger partial charge in [-0.15, -0.1) is 0 Å². The maximum Gasteiger partial charge on any atom is 0.195 e. The number of aryl methyl sites for hydroxylation is 1. The van der Waals surface area contributed by atoms with Crippen LogP contribution in [0.15, 0.2) is 30.3 Å². The molecule has 3 aromatic rings. The number of carbonyl (C=O) groups is 1. The van der Waals surface area contributed by atoms with Crippen molar-refractivity contribution in [3.05, 3.63) is 63.8 Å². The SMILES string of the molecule is CCCc1cc2c(cc1N1CCN(C3CC3)CC1)C(C)(C)c1[nH]c3cc(C=N)ccc3c1C2=O. The summed E-state index contributed by atoms with van der Waals surface area (Å²) in [4.78, 5) is 22.7. The molecule has 1 aliphatic heterocycles. The molecule has 0 atom stereocenters. The molecular formula is C29H34N4O. The van der Waals surface area contributed by atoms with Gasteiger partial charge in [-0.3, -0.25) is 9.69 Å². The third kappa shape index (κ3) is 3.24. The standard InChI is InChI=1S/C29H34N4O/c1-4-5-19-15-22-23(16-25(19)33-12-10-32(11-13-33)20-7-8-20)29(2,3)28-26(27(22)34)21-9-6-18(17-30)14-24(21)31-28/h6,9,14-17,20,30-31H,4-5,7-8,10-13H2,1-3H3. The maximum absolute atomic E-state index is 13.9. The molecule has 1 saturated carbocycles. The van der Waals surface area contributed by atoms with Crippen molar-refractivity contribution < 1.29 is 4.79 Å². The summed E-state index contributed by atoms with van der Waals surface area (Å²) in [6, 6.07) is 11.3. The molecule has 0 spiro atoms. The molecule has 1 aromatic heterocycles. The minimum absolute atomic E-state index is 0.126. The van der Waals surface area contributed by atoms with Gasteiger partial charge in [-0.1, -0.05) is 39.3 Å². The number of nitrogens with zero attached hydrogens (tertiary/aromatic N) is 2. The number of nitrogens with one attached hydrogen (secondary N) is 2. The van der Waals surface area contributed by atoms with Crippen LogP contribution in [0.2, 0.25) is 0 Å². The maximum atomic E-state index is 13.9. The van der Waals surface area contributed by atoms with Crippen molar-refractivity contribution in [1.82, 2.24) is 9.88 Å². The summed E-state index contributed by atoms with van der Waals surface area (Å²) < 4.78 is 0. The van der Waals surface area contributed by atoms with Gasteiger partial charge in [0.2, 0.25) is 0 Å². The van der Waals surface area contributed by atoms with Gasteiger partial charge in [-0.05, 0) is 54.2 Å². The number of piperazine rings is 1. The van der Waals surface area contributed by atoms with E-state index in [-0.39, 0.29) is 11.2 Å². The number of carbonyl (C=O) groups excluding carboxylic acids is 1. The number of benzene rings is 2. The van der Waals surface area contributed by atoms with Gasteiger partial charge in [0.25, 0.3) is 0 Å². The second-order valence-electron chi connectivity index (χ2n) is 10.8. The van der Waals surface area contributed by atoms with Gasteiger partial charge < -0.3 is 15.3 Å². The lowest BCUT2D eigenvalue weighted by Gasteiger charge is -2.39. The van der Waals surface area contributed by atoms with Gasteiger partial charge >= 0.3 is 0 Å². The molecule has 2 N–H and O–H groups in total. The largest absolute Gasteiger partial charge is 0.369 e. The summed E-state index contributed by atoms with van der Waals surface area (Å²) in [5.41, 5.74) is 7.88. The van der Waals surface area contributed by atoms with Crippen LogP contribution in [0.25, 0.3) is 10.9 Å². The normalized spacial score (nSPS) is 19.9. The summed E-state index contributed by atoms with van der Waals surface area (Å²) in [5.74, 6) is 0.126. The predicted octanol–water partition coefficient (Wildman–Crippen LogP) is 5.27. The molecule has 34 heavy (non-hydrogen) atoms. The first-order valence-corrected chi connectivity index (χ1v) is 12.8. The van der Waals surface area contributed by atoms with Gasteiger partial charge in [0.05, 0.1) is 5.56 Å². The highest BCUT2D eigenvalue weighted by Gasteiger charge is 2.41. The summed E-state index contributed by atoms with van der Waals surface area (Å²) in [6.07, 6.45) is 6.14. The van der Waals surface area contributed by atoms with E-state index in [0.29, 0.717) is 0 Å². The molecule has 2 heterocycles. The highest BCUT2D eigenvalue weighted by Crippen LogP contribution is 2.46. The third-order valence-corrected chi connectivity index (χ3v) is 8.22. The lowest BCUT2D eigenvalue weighted by molar-refractivity contribution is 0.103. The molecule has 0 amide bonds. The predicted molar refractivity (Wildman–Crippen MR) is 139 cm³/mol. The number of aromatic amines is 1. The molecule has 2 fully saturated rings. The number of fused-ring (bicyclic) bond motifs is 4. The van der Waals surface area contributed by atoms with E-state index in [4.69, 9.17) is 5.41 Å². The average Bonchev–Trinajstić information content (AvgIpc) is 3.62. The van der Waals surface area contributed by atoms with Gasteiger partial charge in [0.1, 0.15) is 0 Å². The van der Waals surface area contributed by atoms with Crippen LogP contribution in [-0.4, -0.2) is 54.1 Å². The number of anilines is 1. The molecule has 5 nitrogen and oxygen atoms in total. The van der Waals surface area contributed by atoms with Crippen LogP contribution in [0.4, 0.5) is 5.69 Å². The fraction of sp³-hybridized carbons (Fsp3) is 0.448. The van der Waals surface area contributed by atoms with Gasteiger partial charge in [0.15, 0.2) is 5.78 Å². The quantitative estimate of drug-likeness (QED) is 0.516. The third-order valence-electron chi connectivity index (χ3n) is 8.22. The summed E-state index contributed by atoms with van der Waals surface area (Å²) >= 11 is 0. The summed E-state index contributed by atoms with van der Waals surface area (Å²) in [6.45, 7) is 11.1. The van der Waals surface area contributed by atoms with Crippen molar-refractivity contribution in [3.63, 3.8) is 0 Å². The smallest absolute Gasteiger partial charge is 0.195 e. The first-order chi connectivity index (χ1) is 16.4. The first kappa shape index (κ1) is 21.6. The molecular weight excluding hydrogens is 420 g/mol. The molecule has 6 rings (SSSR count). The molecule has 1 saturated heterocycles. The number of hydrogen-bond acceptors (Lipinski definition) is 4. The van der Waals surface area contributed by atoms with Crippen LogP contribution >= 0.6 is 0 Å². The molecule has 0 bridgehead atoms. The Balaban J connectivity index is 1.46. The van der Waals surface area contributed by atoms with Crippen molar-refractivity contribution in [2.24, 2.45) is 0 Å². The monoisotopic (exact) mass is 454 g/mol. The van der Waals surface area contributed by atoms with E-state index in [1.165, 1.54) is 30.3 Å². The zero-order valence-corrected chi connectivity index (χ0v) is 20.5. The Labute approximate surface area is 201 Å². The zero-order valence-electron chi connectivity index (χ0n) is 20.5. The van der Waals surface area contributed by atoms with Crippen molar-refractivity contribution in [3.8, 4) is 0 Å². The minimum Gasteiger partial charge on any atom is -0.369 e. The fourth-order valence-electron chi connectivity index (χ4n) is 6.15. The van der Waals surface area contributed by atoms with Crippen LogP contribution in [0.3, 0.4) is 0 Å². The molecule has 176 valence electrons. The van der Waals surface area contributed by atoms with E-state index in [1.54, 1.807) is 0 Å². The molecule has 3 aliphatic rings. The number of rotatable bonds is 5. The first-order valence-electron chi connectivity index (χ1n) is 12.8. The van der Waals surface area contributed by atoms with Gasteiger partial charge in [-0.25, -0.2) is 0 Å². The lowest BCUT2D eigenvalue weighted by atomic mass is 9.70. The average molecular weight is 455 g/mol. The second kappa shape index (κ2) is 7.81. The number of ketones is 1. The number of aromatic nitrogens is 1. The van der Waals surface area contributed by atoms with E-state index in [9.17, 15) is 4.79 Å². The second-order valence-corrected chi connectivity index (χ2v) is 10.8. The van der Waals surface area contributed by atoms with Crippen LogP contribution < -0.4 is 4.90 Å². The Morgan fingerprint density at radius 2 is 1.88 bits per heavy atom. The highest BCUT2D eigenvalue weighted by molar-refractivity contribution is 6.20. The highest BCUT2D eigenvalue weighted by atomic mass is 16.1. The van der Waals surface area contributed by atoms with Crippen molar-refractivity contribution >= 4 is 28.6 Å². The van der Waals surface area contributed by atoms with E-state index >= 15 is 0 Å². The number of H-pyrrole nitrogens is 1. The van der Waals surface area contributed by atoms with Crippen LogP contribution in [0.1, 0.15) is 78.3 Å². The molecule has 2 aliphatic carbocycles. The van der Waals surface area contributed by atoms with Crippen LogP contribution in [-0.2, 0) is 11.8 Å². The molecule has 5 heteroatoms. The molecule has 0 unspecified atom stereocenters. The minimum atomic E-state index is -0.308. The van der Waals surface area contributed by atoms with Crippen molar-refractivity contribution in [2.45, 2.75) is 57.9 Å². The summed E-state index contributed by atoms with van der Waals surface area (Å²) in [5, 5.41) is 8.57. The Bertz CT molecular complexity index is 1310. The van der Waals surface area contributed by atoms with E-state index in [1.807, 2.05) is 18.2 Å². The van der Waals surface area contributed by atoms with E-state index < -0.39 is 0 Å². The Morgan fingerprint density at radius 3 is 2.56 bits per heavy atom. The number of hydrogen-bond donors (Lipinski definition) is 2. The van der Waals surface area contributed by atoms with Crippen LogP contribution in [0, 0.1) is 5.41 Å². The zero-order chi connectivity index (χ0) is 23.6. The van der Waals surface area contributed by atoms with Gasteiger partial charge in [-0.2, -0.15) is 0 Å². The lowest BCUT2D eigenvalue weighted by Crippen LogP contribution is -2.47. The van der Waals surface area contributed by atoms with E-state index in [0.717, 1.165) is 83.9 Å². The molecule has 0 radical (unpaired) electrons. The molecule has 2 aromatic carbocycles.